The van der Waals surface area contributed by atoms with Gasteiger partial charge in [0.2, 0.25) is 0 Å². The van der Waals surface area contributed by atoms with Gasteiger partial charge in [-0.05, 0) is 48.5 Å². The summed E-state index contributed by atoms with van der Waals surface area (Å²) < 4.78 is 27.3. The first-order valence-corrected chi connectivity index (χ1v) is 10.1. The molecule has 29 heavy (non-hydrogen) atoms. The van der Waals surface area contributed by atoms with Crippen LogP contribution in [0.1, 0.15) is 10.4 Å². The number of halogens is 1. The van der Waals surface area contributed by atoms with Gasteiger partial charge in [-0.2, -0.15) is 0 Å². The molecule has 10 heteroatoms. The quantitative estimate of drug-likeness (QED) is 0.445. The first-order chi connectivity index (χ1) is 13.8. The van der Waals surface area contributed by atoms with Crippen molar-refractivity contribution >= 4 is 44.6 Å². The standard InChI is InChI=1S/C19H14ClN3O5S/c20-17-11-6-13(12-18(17)23(25)26)19(24)21-14-7-9-16(10-8-14)29(27,28)22-15-4-2-1-3-5-15/h1-12,22H,(H,21,24). The van der Waals surface area contributed by atoms with Crippen molar-refractivity contribution < 1.29 is 18.1 Å². The SMILES string of the molecule is O=C(Nc1ccc(S(=O)(=O)Nc2ccccc2)cc1)c1ccc(Cl)c([N+](=O)[O-])c1. The number of sulfonamides is 1. The topological polar surface area (TPSA) is 118 Å². The minimum absolute atomic E-state index is 0.0153. The molecule has 0 aliphatic heterocycles. The number of nitrogens with zero attached hydrogens (tertiary/aromatic N) is 1. The predicted octanol–water partition coefficient (Wildman–Crippen LogP) is 4.30. The summed E-state index contributed by atoms with van der Waals surface area (Å²) in [6, 6.07) is 17.6. The molecule has 3 rings (SSSR count). The van der Waals surface area contributed by atoms with Crippen LogP contribution >= 0.6 is 11.6 Å². The van der Waals surface area contributed by atoms with Crippen LogP contribution in [0, 0.1) is 10.1 Å². The molecule has 0 saturated carbocycles. The fourth-order valence-corrected chi connectivity index (χ4v) is 3.68. The van der Waals surface area contributed by atoms with Gasteiger partial charge >= 0.3 is 0 Å². The number of anilines is 2. The van der Waals surface area contributed by atoms with Crippen LogP contribution in [0.3, 0.4) is 0 Å². The lowest BCUT2D eigenvalue weighted by Crippen LogP contribution is -2.14. The molecule has 2 N–H and O–H groups in total. The highest BCUT2D eigenvalue weighted by atomic mass is 35.5. The van der Waals surface area contributed by atoms with Crippen molar-refractivity contribution in [2.75, 3.05) is 10.0 Å². The molecule has 0 spiro atoms. The molecular weight excluding hydrogens is 418 g/mol. The molecule has 0 aromatic heterocycles. The number of hydrogen-bond acceptors (Lipinski definition) is 5. The normalized spacial score (nSPS) is 10.9. The molecule has 0 heterocycles. The van der Waals surface area contributed by atoms with E-state index in [9.17, 15) is 23.3 Å². The number of benzene rings is 3. The number of carbonyl (C=O) groups excluding carboxylic acids is 1. The Hall–Kier alpha value is -3.43. The molecule has 148 valence electrons. The Morgan fingerprint density at radius 1 is 0.931 bits per heavy atom. The Morgan fingerprint density at radius 3 is 2.21 bits per heavy atom. The van der Waals surface area contributed by atoms with Gasteiger partial charge in [0.15, 0.2) is 0 Å². The molecule has 1 amide bonds. The Morgan fingerprint density at radius 2 is 1.59 bits per heavy atom. The fraction of sp³-hybridized carbons (Fsp3) is 0. The third kappa shape index (κ3) is 4.89. The smallest absolute Gasteiger partial charge is 0.288 e. The van der Waals surface area contributed by atoms with E-state index in [0.717, 1.165) is 6.07 Å². The van der Waals surface area contributed by atoms with Crippen LogP contribution in [0.15, 0.2) is 77.7 Å². The first kappa shape index (κ1) is 20.3. The van der Waals surface area contributed by atoms with Crippen molar-refractivity contribution in [1.29, 1.82) is 0 Å². The van der Waals surface area contributed by atoms with Gasteiger partial charge in [0.25, 0.3) is 21.6 Å². The third-order valence-corrected chi connectivity index (χ3v) is 5.57. The van der Waals surface area contributed by atoms with Crippen LogP contribution in [-0.4, -0.2) is 19.2 Å². The van der Waals surface area contributed by atoms with E-state index in [-0.39, 0.29) is 21.2 Å². The highest BCUT2D eigenvalue weighted by Gasteiger charge is 2.17. The summed E-state index contributed by atoms with van der Waals surface area (Å²) in [4.78, 5) is 22.6. The second-order valence-electron chi connectivity index (χ2n) is 5.87. The van der Waals surface area contributed by atoms with Crippen molar-refractivity contribution in [3.63, 3.8) is 0 Å². The molecule has 0 atom stereocenters. The molecule has 0 saturated heterocycles. The minimum atomic E-state index is -3.78. The van der Waals surface area contributed by atoms with Crippen LogP contribution in [0.25, 0.3) is 0 Å². The lowest BCUT2D eigenvalue weighted by atomic mass is 10.2. The molecule has 0 fully saturated rings. The zero-order valence-corrected chi connectivity index (χ0v) is 16.3. The highest BCUT2D eigenvalue weighted by Crippen LogP contribution is 2.25. The highest BCUT2D eigenvalue weighted by molar-refractivity contribution is 7.92. The zero-order valence-electron chi connectivity index (χ0n) is 14.7. The predicted molar refractivity (Wildman–Crippen MR) is 110 cm³/mol. The van der Waals surface area contributed by atoms with Crippen LogP contribution in [0.4, 0.5) is 17.1 Å². The number of nitro groups is 1. The second kappa shape index (κ2) is 8.29. The van der Waals surface area contributed by atoms with Gasteiger partial charge in [-0.3, -0.25) is 19.6 Å². The van der Waals surface area contributed by atoms with Gasteiger partial charge in [0, 0.05) is 23.0 Å². The molecule has 0 bridgehead atoms. The van der Waals surface area contributed by atoms with Crippen LogP contribution in [-0.2, 0) is 10.0 Å². The lowest BCUT2D eigenvalue weighted by Gasteiger charge is -2.09. The summed E-state index contributed by atoms with van der Waals surface area (Å²) in [5.41, 5.74) is 0.414. The van der Waals surface area contributed by atoms with E-state index in [2.05, 4.69) is 10.0 Å². The van der Waals surface area contributed by atoms with E-state index in [4.69, 9.17) is 11.6 Å². The Bertz CT molecular complexity index is 1170. The molecule has 0 aliphatic rings. The number of amides is 1. The van der Waals surface area contributed by atoms with Gasteiger partial charge in [0.1, 0.15) is 5.02 Å². The summed E-state index contributed by atoms with van der Waals surface area (Å²) >= 11 is 5.74. The van der Waals surface area contributed by atoms with E-state index in [0.29, 0.717) is 11.4 Å². The average molecular weight is 432 g/mol. The number of carbonyl (C=O) groups is 1. The van der Waals surface area contributed by atoms with Crippen molar-refractivity contribution in [2.45, 2.75) is 4.90 Å². The Labute approximate surface area is 171 Å². The molecule has 3 aromatic rings. The third-order valence-electron chi connectivity index (χ3n) is 3.85. The van der Waals surface area contributed by atoms with Gasteiger partial charge in [0.05, 0.1) is 9.82 Å². The van der Waals surface area contributed by atoms with Gasteiger partial charge in [-0.15, -0.1) is 0 Å². The van der Waals surface area contributed by atoms with Crippen LogP contribution in [0.5, 0.6) is 0 Å². The van der Waals surface area contributed by atoms with Gasteiger partial charge < -0.3 is 5.32 Å². The maximum Gasteiger partial charge on any atom is 0.288 e. The van der Waals surface area contributed by atoms with E-state index in [1.165, 1.54) is 36.4 Å². The summed E-state index contributed by atoms with van der Waals surface area (Å²) in [7, 11) is -3.78. The van der Waals surface area contributed by atoms with Crippen molar-refractivity contribution in [2.24, 2.45) is 0 Å². The van der Waals surface area contributed by atoms with Gasteiger partial charge in [-0.25, -0.2) is 8.42 Å². The molecule has 0 unspecified atom stereocenters. The summed E-state index contributed by atoms with van der Waals surface area (Å²) in [6.45, 7) is 0. The Kier molecular flexibility index (Phi) is 5.81. The van der Waals surface area contributed by atoms with E-state index < -0.39 is 20.9 Å². The van der Waals surface area contributed by atoms with Gasteiger partial charge in [-0.1, -0.05) is 29.8 Å². The van der Waals surface area contributed by atoms with E-state index in [1.807, 2.05) is 0 Å². The van der Waals surface area contributed by atoms with E-state index in [1.54, 1.807) is 30.3 Å². The summed E-state index contributed by atoms with van der Waals surface area (Å²) in [5, 5.41) is 13.4. The number of nitrogens with one attached hydrogen (secondary N) is 2. The van der Waals surface area contributed by atoms with Crippen molar-refractivity contribution in [1.82, 2.24) is 0 Å². The maximum atomic E-state index is 12.4. The molecule has 8 nitrogen and oxygen atoms in total. The minimum Gasteiger partial charge on any atom is -0.322 e. The summed E-state index contributed by atoms with van der Waals surface area (Å²) in [6.07, 6.45) is 0. The largest absolute Gasteiger partial charge is 0.322 e. The van der Waals surface area contributed by atoms with Crippen LogP contribution in [0.2, 0.25) is 5.02 Å². The Balaban J connectivity index is 1.74. The first-order valence-electron chi connectivity index (χ1n) is 8.19. The maximum absolute atomic E-state index is 12.4. The fourth-order valence-electron chi connectivity index (χ4n) is 2.43. The summed E-state index contributed by atoms with van der Waals surface area (Å²) in [5.74, 6) is -0.595. The second-order valence-corrected chi connectivity index (χ2v) is 7.96. The van der Waals surface area contributed by atoms with Crippen molar-refractivity contribution in [3.8, 4) is 0 Å². The number of para-hydroxylation sites is 1. The molecular formula is C19H14ClN3O5S. The lowest BCUT2D eigenvalue weighted by molar-refractivity contribution is -0.384. The number of hydrogen-bond donors (Lipinski definition) is 2. The van der Waals surface area contributed by atoms with Crippen molar-refractivity contribution in [3.05, 3.63) is 93.5 Å². The average Bonchev–Trinajstić information content (AvgIpc) is 2.69. The monoisotopic (exact) mass is 431 g/mol. The molecule has 0 aliphatic carbocycles. The van der Waals surface area contributed by atoms with E-state index >= 15 is 0 Å². The molecule has 0 radical (unpaired) electrons. The van der Waals surface area contributed by atoms with Crippen LogP contribution < -0.4 is 10.0 Å². The zero-order chi connectivity index (χ0) is 21.0. The number of rotatable bonds is 6. The molecule has 3 aromatic carbocycles. The number of nitro benzene ring substituents is 1.